The van der Waals surface area contributed by atoms with E-state index in [9.17, 15) is 4.79 Å². The monoisotopic (exact) mass is 375 g/mol. The Morgan fingerprint density at radius 3 is 2.68 bits per heavy atom. The molecule has 142 valence electrons. The number of fused-ring (bicyclic) bond motifs is 1. The maximum Gasteiger partial charge on any atom is 0.272 e. The predicted molar refractivity (Wildman–Crippen MR) is 108 cm³/mol. The number of carbonyl (C=O) groups excluding carboxylic acids is 1. The van der Waals surface area contributed by atoms with E-state index in [-0.39, 0.29) is 5.91 Å². The van der Waals surface area contributed by atoms with Gasteiger partial charge in [-0.15, -0.1) is 0 Å². The highest BCUT2D eigenvalue weighted by molar-refractivity contribution is 5.95. The number of nitrogens with zero attached hydrogens (tertiary/aromatic N) is 6. The smallest absolute Gasteiger partial charge is 0.272 e. The SMILES string of the molecule is CN=Cc1cc(-c2cnc3cnc(C(=O)N4CCCCC4)cc3n2)cnc1N. The maximum atomic E-state index is 12.7. The van der Waals surface area contributed by atoms with Gasteiger partial charge in [-0.1, -0.05) is 0 Å². The van der Waals surface area contributed by atoms with Crippen LogP contribution in [0.25, 0.3) is 22.3 Å². The van der Waals surface area contributed by atoms with Crippen molar-refractivity contribution in [3.05, 3.63) is 42.0 Å². The third kappa shape index (κ3) is 3.53. The standard InChI is InChI=1S/C20H21N7O/c1-22-9-14-7-13(10-25-19(14)21)17-11-24-18-12-23-16(8-15(18)26-17)20(28)27-5-3-2-4-6-27/h7-12H,2-6H2,1H3,(H2,21,25). The van der Waals surface area contributed by atoms with E-state index in [0.717, 1.165) is 37.1 Å². The predicted octanol–water partition coefficient (Wildman–Crippen LogP) is 2.34. The van der Waals surface area contributed by atoms with Gasteiger partial charge < -0.3 is 10.6 Å². The average molecular weight is 375 g/mol. The molecule has 0 bridgehead atoms. The molecule has 0 aromatic carbocycles. The Morgan fingerprint density at radius 1 is 1.07 bits per heavy atom. The minimum Gasteiger partial charge on any atom is -0.383 e. The van der Waals surface area contributed by atoms with E-state index < -0.39 is 0 Å². The summed E-state index contributed by atoms with van der Waals surface area (Å²) in [6.45, 7) is 1.56. The van der Waals surface area contributed by atoms with E-state index in [1.54, 1.807) is 37.9 Å². The molecule has 0 atom stereocenters. The van der Waals surface area contributed by atoms with Crippen LogP contribution < -0.4 is 5.73 Å². The molecular weight excluding hydrogens is 354 g/mol. The lowest BCUT2D eigenvalue weighted by atomic mass is 10.1. The molecule has 28 heavy (non-hydrogen) atoms. The summed E-state index contributed by atoms with van der Waals surface area (Å²) in [6, 6.07) is 3.58. The Balaban J connectivity index is 1.70. The number of nitrogens with two attached hydrogens (primary N) is 1. The first-order valence-electron chi connectivity index (χ1n) is 9.26. The van der Waals surface area contributed by atoms with Gasteiger partial charge >= 0.3 is 0 Å². The Kier molecular flexibility index (Phi) is 4.92. The third-order valence-corrected chi connectivity index (χ3v) is 4.80. The molecule has 1 fully saturated rings. The molecule has 3 aromatic heterocycles. The van der Waals surface area contributed by atoms with Crippen LogP contribution in [0.3, 0.4) is 0 Å². The van der Waals surface area contributed by atoms with Crippen LogP contribution in [-0.2, 0) is 0 Å². The highest BCUT2D eigenvalue weighted by Gasteiger charge is 2.20. The maximum absolute atomic E-state index is 12.7. The number of piperidine rings is 1. The molecule has 1 aliphatic heterocycles. The van der Waals surface area contributed by atoms with Crippen molar-refractivity contribution in [3.8, 4) is 11.3 Å². The third-order valence-electron chi connectivity index (χ3n) is 4.80. The number of hydrogen-bond donors (Lipinski definition) is 1. The molecule has 0 spiro atoms. The lowest BCUT2D eigenvalue weighted by Gasteiger charge is -2.26. The van der Waals surface area contributed by atoms with Crippen molar-refractivity contribution >= 4 is 29.0 Å². The summed E-state index contributed by atoms with van der Waals surface area (Å²) in [7, 11) is 1.68. The molecule has 0 radical (unpaired) electrons. The highest BCUT2D eigenvalue weighted by atomic mass is 16.2. The molecule has 8 nitrogen and oxygen atoms in total. The van der Waals surface area contributed by atoms with E-state index in [0.29, 0.717) is 28.2 Å². The summed E-state index contributed by atoms with van der Waals surface area (Å²) in [5.74, 6) is 0.353. The summed E-state index contributed by atoms with van der Waals surface area (Å²) in [5.41, 5.74) is 9.68. The Morgan fingerprint density at radius 2 is 1.89 bits per heavy atom. The molecular formula is C20H21N7O. The summed E-state index contributed by atoms with van der Waals surface area (Å²) < 4.78 is 0. The number of rotatable bonds is 3. The second-order valence-corrected chi connectivity index (χ2v) is 6.75. The van der Waals surface area contributed by atoms with Crippen LogP contribution in [0.1, 0.15) is 35.3 Å². The molecule has 0 unspecified atom stereocenters. The van der Waals surface area contributed by atoms with E-state index in [1.165, 1.54) is 6.42 Å². The lowest BCUT2D eigenvalue weighted by molar-refractivity contribution is 0.0718. The van der Waals surface area contributed by atoms with E-state index in [1.807, 2.05) is 11.0 Å². The number of carbonyl (C=O) groups is 1. The van der Waals surface area contributed by atoms with Gasteiger partial charge in [-0.25, -0.2) is 15.0 Å². The zero-order valence-corrected chi connectivity index (χ0v) is 15.7. The number of amides is 1. The zero-order chi connectivity index (χ0) is 19.5. The quantitative estimate of drug-likeness (QED) is 0.704. The van der Waals surface area contributed by atoms with Crippen molar-refractivity contribution in [2.24, 2.45) is 4.99 Å². The topological polar surface area (TPSA) is 110 Å². The highest BCUT2D eigenvalue weighted by Crippen LogP contribution is 2.22. The van der Waals surface area contributed by atoms with Gasteiger partial charge in [0.1, 0.15) is 17.0 Å². The van der Waals surface area contributed by atoms with Crippen molar-refractivity contribution in [1.29, 1.82) is 0 Å². The van der Waals surface area contributed by atoms with Gasteiger partial charge in [0, 0.05) is 43.7 Å². The van der Waals surface area contributed by atoms with Crippen LogP contribution in [0, 0.1) is 0 Å². The summed E-state index contributed by atoms with van der Waals surface area (Å²) in [4.78, 5) is 36.2. The van der Waals surface area contributed by atoms with Gasteiger partial charge in [0.25, 0.3) is 5.91 Å². The first kappa shape index (κ1) is 18.0. The zero-order valence-electron chi connectivity index (χ0n) is 15.7. The Bertz CT molecular complexity index is 1060. The summed E-state index contributed by atoms with van der Waals surface area (Å²) in [6.07, 6.45) is 9.81. The van der Waals surface area contributed by atoms with E-state index in [2.05, 4.69) is 24.9 Å². The van der Waals surface area contributed by atoms with Crippen LogP contribution in [0.15, 0.2) is 35.7 Å². The number of aliphatic imine (C=N–C) groups is 1. The van der Waals surface area contributed by atoms with Crippen molar-refractivity contribution in [3.63, 3.8) is 0 Å². The number of anilines is 1. The second kappa shape index (κ2) is 7.67. The molecule has 3 aromatic rings. The van der Waals surface area contributed by atoms with E-state index in [4.69, 9.17) is 5.73 Å². The fourth-order valence-electron chi connectivity index (χ4n) is 3.31. The van der Waals surface area contributed by atoms with Gasteiger partial charge in [-0.3, -0.25) is 14.8 Å². The lowest BCUT2D eigenvalue weighted by Crippen LogP contribution is -2.36. The van der Waals surface area contributed by atoms with Gasteiger partial charge in [0.15, 0.2) is 0 Å². The number of aromatic nitrogens is 4. The van der Waals surface area contributed by atoms with Crippen molar-refractivity contribution in [2.75, 3.05) is 25.9 Å². The van der Waals surface area contributed by atoms with Crippen molar-refractivity contribution in [2.45, 2.75) is 19.3 Å². The Labute approximate surface area is 162 Å². The van der Waals surface area contributed by atoms with Crippen LogP contribution in [-0.4, -0.2) is 57.1 Å². The van der Waals surface area contributed by atoms with Gasteiger partial charge in [-0.05, 0) is 31.4 Å². The first-order valence-corrected chi connectivity index (χ1v) is 9.26. The number of nitrogen functional groups attached to an aromatic ring is 1. The molecule has 1 aliphatic rings. The molecule has 8 heteroatoms. The fraction of sp³-hybridized carbons (Fsp3) is 0.300. The van der Waals surface area contributed by atoms with E-state index >= 15 is 0 Å². The minimum atomic E-state index is -0.0515. The largest absolute Gasteiger partial charge is 0.383 e. The van der Waals surface area contributed by atoms with Gasteiger partial charge in [0.05, 0.1) is 23.6 Å². The minimum absolute atomic E-state index is 0.0515. The molecule has 1 amide bonds. The normalized spacial score (nSPS) is 14.7. The number of pyridine rings is 2. The van der Waals surface area contributed by atoms with Crippen LogP contribution in [0.5, 0.6) is 0 Å². The molecule has 0 aliphatic carbocycles. The summed E-state index contributed by atoms with van der Waals surface area (Å²) in [5, 5.41) is 0. The van der Waals surface area contributed by atoms with Gasteiger partial charge in [0.2, 0.25) is 0 Å². The van der Waals surface area contributed by atoms with Gasteiger partial charge in [-0.2, -0.15) is 0 Å². The summed E-state index contributed by atoms with van der Waals surface area (Å²) >= 11 is 0. The Hall–Kier alpha value is -3.42. The fourth-order valence-corrected chi connectivity index (χ4v) is 3.31. The van der Waals surface area contributed by atoms with Crippen LogP contribution >= 0.6 is 0 Å². The average Bonchev–Trinajstić information content (AvgIpc) is 2.75. The number of hydrogen-bond acceptors (Lipinski definition) is 7. The second-order valence-electron chi connectivity index (χ2n) is 6.75. The molecule has 1 saturated heterocycles. The molecule has 0 saturated carbocycles. The van der Waals surface area contributed by atoms with Crippen LogP contribution in [0.2, 0.25) is 0 Å². The van der Waals surface area contributed by atoms with Crippen LogP contribution in [0.4, 0.5) is 5.82 Å². The molecule has 2 N–H and O–H groups in total. The number of likely N-dealkylation sites (tertiary alicyclic amines) is 1. The first-order chi connectivity index (χ1) is 13.7. The van der Waals surface area contributed by atoms with Crippen molar-refractivity contribution in [1.82, 2.24) is 24.8 Å². The molecule has 4 rings (SSSR count). The molecule has 4 heterocycles. The van der Waals surface area contributed by atoms with Crippen molar-refractivity contribution < 1.29 is 4.79 Å².